The minimum atomic E-state index is 0.255. The molecule has 0 amide bonds. The van der Waals surface area contributed by atoms with Crippen molar-refractivity contribution in [3.05, 3.63) is 90.0 Å². The van der Waals surface area contributed by atoms with E-state index < -0.39 is 0 Å². The number of ether oxygens (including phenoxy) is 1. The van der Waals surface area contributed by atoms with Gasteiger partial charge in [-0.3, -0.25) is 0 Å². The molecule has 0 radical (unpaired) electrons. The first-order chi connectivity index (χ1) is 16.2. The van der Waals surface area contributed by atoms with Gasteiger partial charge in [0.15, 0.2) is 0 Å². The summed E-state index contributed by atoms with van der Waals surface area (Å²) in [5.74, 6) is 2.16. The fourth-order valence-electron chi connectivity index (χ4n) is 4.70. The van der Waals surface area contributed by atoms with Crippen molar-refractivity contribution in [1.82, 2.24) is 5.32 Å². The van der Waals surface area contributed by atoms with Crippen molar-refractivity contribution in [3.8, 4) is 28.4 Å². The second-order valence-electron chi connectivity index (χ2n) is 8.86. The van der Waals surface area contributed by atoms with Crippen LogP contribution in [-0.2, 0) is 6.42 Å². The van der Waals surface area contributed by atoms with Gasteiger partial charge in [-0.2, -0.15) is 0 Å². The van der Waals surface area contributed by atoms with Crippen LogP contribution in [0.4, 0.5) is 0 Å². The Morgan fingerprint density at radius 3 is 2.39 bits per heavy atom. The summed E-state index contributed by atoms with van der Waals surface area (Å²) in [6.45, 7) is 2.98. The van der Waals surface area contributed by atoms with E-state index in [-0.39, 0.29) is 11.5 Å². The fourth-order valence-corrected chi connectivity index (χ4v) is 4.70. The Hall–Kier alpha value is -3.50. The van der Waals surface area contributed by atoms with Crippen LogP contribution in [0.1, 0.15) is 24.0 Å². The fraction of sp³-hybridized carbons (Fsp3) is 0.241. The van der Waals surface area contributed by atoms with Crippen molar-refractivity contribution < 1.29 is 14.9 Å². The van der Waals surface area contributed by atoms with Crippen molar-refractivity contribution in [1.29, 1.82) is 0 Å². The summed E-state index contributed by atoms with van der Waals surface area (Å²) in [5, 5.41) is 25.2. The average molecular weight is 440 g/mol. The average Bonchev–Trinajstić information content (AvgIpc) is 3.34. The summed E-state index contributed by atoms with van der Waals surface area (Å²) < 4.78 is 5.98. The minimum Gasteiger partial charge on any atom is -0.508 e. The van der Waals surface area contributed by atoms with E-state index in [0.717, 1.165) is 66.1 Å². The van der Waals surface area contributed by atoms with Gasteiger partial charge in [0.1, 0.15) is 17.2 Å². The molecule has 1 heterocycles. The van der Waals surface area contributed by atoms with Crippen molar-refractivity contribution in [2.45, 2.75) is 19.3 Å². The standard InChI is InChI=1S/C29H29NO3/c31-24-6-3-22(4-7-24)27-11-5-23-18-25(32)8-12-28(23)29(27)17-20-1-9-26(10-2-20)33-16-14-21-13-15-30-19-21/h1-12,18,21,30-32H,13-17,19H2. The topological polar surface area (TPSA) is 61.7 Å². The van der Waals surface area contributed by atoms with Crippen molar-refractivity contribution in [3.63, 3.8) is 0 Å². The Labute approximate surface area is 194 Å². The maximum Gasteiger partial charge on any atom is 0.119 e. The molecule has 3 N–H and O–H groups in total. The molecule has 4 heteroatoms. The first-order valence-corrected chi connectivity index (χ1v) is 11.6. The van der Waals surface area contributed by atoms with Crippen LogP contribution in [-0.4, -0.2) is 29.9 Å². The number of phenolic OH excluding ortho intramolecular Hbond substituents is 2. The van der Waals surface area contributed by atoms with Gasteiger partial charge in [0, 0.05) is 0 Å². The predicted molar refractivity (Wildman–Crippen MR) is 133 cm³/mol. The lowest BCUT2D eigenvalue weighted by Crippen LogP contribution is -2.11. The summed E-state index contributed by atoms with van der Waals surface area (Å²) >= 11 is 0. The van der Waals surface area contributed by atoms with E-state index >= 15 is 0 Å². The summed E-state index contributed by atoms with van der Waals surface area (Å²) in [6, 6.07) is 25.4. The molecule has 1 fully saturated rings. The zero-order chi connectivity index (χ0) is 22.6. The zero-order valence-electron chi connectivity index (χ0n) is 18.6. The van der Waals surface area contributed by atoms with Crippen molar-refractivity contribution in [2.24, 2.45) is 5.92 Å². The Balaban J connectivity index is 1.40. The van der Waals surface area contributed by atoms with Crippen LogP contribution in [0, 0.1) is 5.92 Å². The summed E-state index contributed by atoms with van der Waals surface area (Å²) in [6.07, 6.45) is 3.09. The molecule has 1 aliphatic heterocycles. The van der Waals surface area contributed by atoms with Gasteiger partial charge in [0.2, 0.25) is 0 Å². The molecule has 4 aromatic carbocycles. The molecule has 0 spiro atoms. The Kier molecular flexibility index (Phi) is 6.18. The van der Waals surface area contributed by atoms with Crippen LogP contribution in [0.5, 0.6) is 17.2 Å². The lowest BCUT2D eigenvalue weighted by Gasteiger charge is -2.15. The highest BCUT2D eigenvalue weighted by atomic mass is 16.5. The molecule has 168 valence electrons. The maximum atomic E-state index is 9.95. The highest BCUT2D eigenvalue weighted by molar-refractivity contribution is 5.93. The molecule has 0 bridgehead atoms. The van der Waals surface area contributed by atoms with Gasteiger partial charge < -0.3 is 20.3 Å². The molecular weight excluding hydrogens is 410 g/mol. The first kappa shape index (κ1) is 21.4. The van der Waals surface area contributed by atoms with Gasteiger partial charge >= 0.3 is 0 Å². The third-order valence-electron chi connectivity index (χ3n) is 6.55. The smallest absolute Gasteiger partial charge is 0.119 e. The number of phenols is 2. The summed E-state index contributed by atoms with van der Waals surface area (Å²) in [4.78, 5) is 0. The lowest BCUT2D eigenvalue weighted by molar-refractivity contribution is 0.283. The number of rotatable bonds is 7. The van der Waals surface area contributed by atoms with Gasteiger partial charge in [-0.1, -0.05) is 42.5 Å². The normalized spacial score (nSPS) is 15.7. The third kappa shape index (κ3) is 4.96. The Morgan fingerprint density at radius 1 is 0.848 bits per heavy atom. The van der Waals surface area contributed by atoms with Crippen LogP contribution in [0.25, 0.3) is 21.9 Å². The second kappa shape index (κ2) is 9.55. The number of aromatic hydroxyl groups is 2. The molecule has 0 aromatic heterocycles. The second-order valence-corrected chi connectivity index (χ2v) is 8.86. The quantitative estimate of drug-likeness (QED) is 0.336. The van der Waals surface area contributed by atoms with E-state index in [9.17, 15) is 10.2 Å². The van der Waals surface area contributed by atoms with E-state index in [1.807, 2.05) is 24.3 Å². The first-order valence-electron chi connectivity index (χ1n) is 11.6. The van der Waals surface area contributed by atoms with Gasteiger partial charge in [-0.25, -0.2) is 0 Å². The number of nitrogens with one attached hydrogen (secondary N) is 1. The van der Waals surface area contributed by atoms with E-state index in [1.165, 1.54) is 17.5 Å². The molecule has 1 unspecified atom stereocenters. The summed E-state index contributed by atoms with van der Waals surface area (Å²) in [5.41, 5.74) is 4.57. The van der Waals surface area contributed by atoms with Crippen LogP contribution in [0.2, 0.25) is 0 Å². The highest BCUT2D eigenvalue weighted by Gasteiger charge is 2.14. The van der Waals surface area contributed by atoms with Crippen molar-refractivity contribution in [2.75, 3.05) is 19.7 Å². The number of hydrogen-bond acceptors (Lipinski definition) is 4. The van der Waals surface area contributed by atoms with E-state index in [4.69, 9.17) is 4.74 Å². The SMILES string of the molecule is Oc1ccc(-c2ccc3cc(O)ccc3c2Cc2ccc(OCCC3CCNC3)cc2)cc1. The Morgan fingerprint density at radius 2 is 1.64 bits per heavy atom. The molecule has 0 aliphatic carbocycles. The highest BCUT2D eigenvalue weighted by Crippen LogP contribution is 2.34. The van der Waals surface area contributed by atoms with Crippen LogP contribution < -0.4 is 10.1 Å². The Bertz CT molecular complexity index is 1230. The third-order valence-corrected chi connectivity index (χ3v) is 6.55. The molecule has 4 aromatic rings. The maximum absolute atomic E-state index is 9.95. The zero-order valence-corrected chi connectivity index (χ0v) is 18.6. The molecule has 4 nitrogen and oxygen atoms in total. The molecular formula is C29H29NO3. The van der Waals surface area contributed by atoms with Crippen LogP contribution in [0.15, 0.2) is 78.9 Å². The lowest BCUT2D eigenvalue weighted by atomic mass is 9.90. The van der Waals surface area contributed by atoms with Gasteiger partial charge in [0.05, 0.1) is 6.61 Å². The van der Waals surface area contributed by atoms with Crippen LogP contribution in [0.3, 0.4) is 0 Å². The number of benzene rings is 4. The van der Waals surface area contributed by atoms with Crippen LogP contribution >= 0.6 is 0 Å². The van der Waals surface area contributed by atoms with Crippen molar-refractivity contribution >= 4 is 10.8 Å². The monoisotopic (exact) mass is 439 g/mol. The van der Waals surface area contributed by atoms with Gasteiger partial charge in [-0.15, -0.1) is 0 Å². The van der Waals surface area contributed by atoms with Gasteiger partial charge in [-0.05, 0) is 108 Å². The number of fused-ring (bicyclic) bond motifs is 1. The van der Waals surface area contributed by atoms with E-state index in [1.54, 1.807) is 24.3 Å². The molecule has 33 heavy (non-hydrogen) atoms. The number of hydrogen-bond donors (Lipinski definition) is 3. The molecule has 1 aliphatic rings. The molecule has 5 rings (SSSR count). The molecule has 1 saturated heterocycles. The van der Waals surface area contributed by atoms with Gasteiger partial charge in [0.25, 0.3) is 0 Å². The van der Waals surface area contributed by atoms with E-state index in [2.05, 4.69) is 35.6 Å². The largest absolute Gasteiger partial charge is 0.508 e. The molecule has 0 saturated carbocycles. The minimum absolute atomic E-state index is 0.255. The van der Waals surface area contributed by atoms with E-state index in [0.29, 0.717) is 0 Å². The summed E-state index contributed by atoms with van der Waals surface area (Å²) in [7, 11) is 0. The molecule has 1 atom stereocenters. The predicted octanol–water partition coefficient (Wildman–Crippen LogP) is 5.89.